The minimum absolute atomic E-state index is 1.03. The summed E-state index contributed by atoms with van der Waals surface area (Å²) in [6.45, 7) is 1.03. The Hall–Kier alpha value is -0.810. The molecular weight excluding hydrogens is 180 g/mol. The first-order chi connectivity index (χ1) is 5.25. The molecule has 0 aliphatic carbocycles. The van der Waals surface area contributed by atoms with E-state index in [0.717, 1.165) is 6.92 Å². The van der Waals surface area contributed by atoms with Crippen LogP contribution in [0.25, 0.3) is 0 Å². The van der Waals surface area contributed by atoms with Crippen molar-refractivity contribution in [1.29, 1.82) is 0 Å². The van der Waals surface area contributed by atoms with Crippen LogP contribution >= 0.6 is 0 Å². The molecule has 2 unspecified atom stereocenters. The number of carboxylic acids is 1. The maximum atomic E-state index is 12.1. The fourth-order valence-electron chi connectivity index (χ4n) is 0.545. The van der Waals surface area contributed by atoms with Crippen molar-refractivity contribution in [3.05, 3.63) is 0 Å². The predicted octanol–water partition coefficient (Wildman–Crippen LogP) is 2.00. The van der Waals surface area contributed by atoms with Gasteiger partial charge < -0.3 is 5.11 Å². The van der Waals surface area contributed by atoms with E-state index in [1.807, 2.05) is 0 Å². The molecule has 0 spiro atoms. The van der Waals surface area contributed by atoms with E-state index < -0.39 is 30.7 Å². The van der Waals surface area contributed by atoms with E-state index in [-0.39, 0.29) is 0 Å². The van der Waals surface area contributed by atoms with Crippen molar-refractivity contribution in [3.63, 3.8) is 0 Å². The van der Waals surface area contributed by atoms with Crippen molar-refractivity contribution in [2.24, 2.45) is 5.92 Å². The summed E-state index contributed by atoms with van der Waals surface area (Å²) in [7, 11) is 0. The molecule has 6 heteroatoms. The average molecular weight is 188 g/mol. The molecule has 12 heavy (non-hydrogen) atoms. The van der Waals surface area contributed by atoms with Crippen LogP contribution in [-0.2, 0) is 4.79 Å². The molecule has 2 atom stereocenters. The number of carboxylic acid groups (broad SMARTS) is 1. The molecular formula is C6H8F4O2. The number of rotatable bonds is 3. The van der Waals surface area contributed by atoms with E-state index >= 15 is 0 Å². The normalized spacial score (nSPS) is 17.1. The number of aliphatic carboxylic acids is 1. The van der Waals surface area contributed by atoms with Gasteiger partial charge in [0.25, 0.3) is 0 Å². The van der Waals surface area contributed by atoms with E-state index in [2.05, 4.69) is 0 Å². The van der Waals surface area contributed by atoms with Gasteiger partial charge in [-0.3, -0.25) is 4.79 Å². The highest BCUT2D eigenvalue weighted by molar-refractivity contribution is 5.69. The van der Waals surface area contributed by atoms with Gasteiger partial charge in [0.15, 0.2) is 6.17 Å². The molecule has 0 aromatic carbocycles. The van der Waals surface area contributed by atoms with Crippen molar-refractivity contribution in [2.45, 2.75) is 25.7 Å². The van der Waals surface area contributed by atoms with E-state index in [4.69, 9.17) is 5.11 Å². The summed E-state index contributed by atoms with van der Waals surface area (Å²) in [5, 5.41) is 8.16. The molecule has 2 nitrogen and oxygen atoms in total. The number of alkyl halides is 4. The second-order valence-electron chi connectivity index (χ2n) is 2.48. The second-order valence-corrected chi connectivity index (χ2v) is 2.48. The van der Waals surface area contributed by atoms with Crippen molar-refractivity contribution in [3.8, 4) is 0 Å². The molecule has 0 heterocycles. The van der Waals surface area contributed by atoms with E-state index in [1.54, 1.807) is 0 Å². The van der Waals surface area contributed by atoms with Gasteiger partial charge in [-0.1, -0.05) is 6.92 Å². The number of carbonyl (C=O) groups is 1. The molecule has 0 aliphatic rings. The molecule has 72 valence electrons. The standard InChI is InChI=1S/C6H8F4O2/c1-3(5(11)12)2-4(7)6(8,9)10/h3-4H,2H2,1H3,(H,11,12). The topological polar surface area (TPSA) is 37.3 Å². The van der Waals surface area contributed by atoms with Gasteiger partial charge in [-0.15, -0.1) is 0 Å². The van der Waals surface area contributed by atoms with E-state index in [9.17, 15) is 22.4 Å². The zero-order valence-corrected chi connectivity index (χ0v) is 6.23. The Labute approximate surface area is 66.2 Å². The molecule has 0 rings (SSSR count). The van der Waals surface area contributed by atoms with E-state index in [0.29, 0.717) is 0 Å². The van der Waals surface area contributed by atoms with Gasteiger partial charge in [-0.05, 0) is 0 Å². The second kappa shape index (κ2) is 3.73. The zero-order chi connectivity index (χ0) is 9.94. The number of halogens is 4. The van der Waals surface area contributed by atoms with Gasteiger partial charge in [0.1, 0.15) is 0 Å². The van der Waals surface area contributed by atoms with Crippen LogP contribution in [0.3, 0.4) is 0 Å². The molecule has 0 aromatic rings. The fourth-order valence-corrected chi connectivity index (χ4v) is 0.545. The minimum atomic E-state index is -4.95. The molecule has 0 bridgehead atoms. The smallest absolute Gasteiger partial charge is 0.419 e. The van der Waals surface area contributed by atoms with Crippen LogP contribution in [0.2, 0.25) is 0 Å². The van der Waals surface area contributed by atoms with Gasteiger partial charge in [-0.2, -0.15) is 13.2 Å². The highest BCUT2D eigenvalue weighted by Gasteiger charge is 2.41. The molecule has 0 aromatic heterocycles. The highest BCUT2D eigenvalue weighted by atomic mass is 19.4. The van der Waals surface area contributed by atoms with Gasteiger partial charge in [0, 0.05) is 6.42 Å². The molecule has 0 aliphatic heterocycles. The van der Waals surface area contributed by atoms with Crippen LogP contribution < -0.4 is 0 Å². The molecule has 1 N–H and O–H groups in total. The SMILES string of the molecule is CC(CC(F)C(F)(F)F)C(=O)O. The van der Waals surface area contributed by atoms with Crippen LogP contribution in [0, 0.1) is 5.92 Å². The summed E-state index contributed by atoms with van der Waals surface area (Å²) >= 11 is 0. The summed E-state index contributed by atoms with van der Waals surface area (Å²) in [4.78, 5) is 10.0. The lowest BCUT2D eigenvalue weighted by atomic mass is 10.1. The Kier molecular flexibility index (Phi) is 3.48. The first-order valence-corrected chi connectivity index (χ1v) is 3.18. The number of hydrogen-bond donors (Lipinski definition) is 1. The zero-order valence-electron chi connectivity index (χ0n) is 6.23. The largest absolute Gasteiger partial charge is 0.481 e. The van der Waals surface area contributed by atoms with Crippen LogP contribution in [0.15, 0.2) is 0 Å². The molecule has 0 fully saturated rings. The van der Waals surface area contributed by atoms with Crippen molar-refractivity contribution >= 4 is 5.97 Å². The lowest BCUT2D eigenvalue weighted by Crippen LogP contribution is -2.28. The van der Waals surface area contributed by atoms with Gasteiger partial charge in [-0.25, -0.2) is 4.39 Å². The fraction of sp³-hybridized carbons (Fsp3) is 0.833. The van der Waals surface area contributed by atoms with Crippen molar-refractivity contribution < 1.29 is 27.5 Å². The molecule has 0 amide bonds. The van der Waals surface area contributed by atoms with Crippen LogP contribution in [0.1, 0.15) is 13.3 Å². The maximum Gasteiger partial charge on any atom is 0.419 e. The first kappa shape index (κ1) is 11.2. The predicted molar refractivity (Wildman–Crippen MR) is 32.4 cm³/mol. The Morgan fingerprint density at radius 3 is 2.17 bits per heavy atom. The first-order valence-electron chi connectivity index (χ1n) is 3.18. The van der Waals surface area contributed by atoms with Crippen molar-refractivity contribution in [1.82, 2.24) is 0 Å². The third kappa shape index (κ3) is 3.54. The van der Waals surface area contributed by atoms with Gasteiger partial charge in [0.2, 0.25) is 0 Å². The quantitative estimate of drug-likeness (QED) is 0.687. The van der Waals surface area contributed by atoms with Crippen LogP contribution in [-0.4, -0.2) is 23.4 Å². The highest BCUT2D eigenvalue weighted by Crippen LogP contribution is 2.27. The maximum absolute atomic E-state index is 12.1. The summed E-state index contributed by atoms with van der Waals surface area (Å²) in [6, 6.07) is 0. The number of hydrogen-bond acceptors (Lipinski definition) is 1. The van der Waals surface area contributed by atoms with E-state index in [1.165, 1.54) is 0 Å². The molecule has 0 saturated carbocycles. The minimum Gasteiger partial charge on any atom is -0.481 e. The Bertz CT molecular complexity index is 165. The Balaban J connectivity index is 4.01. The molecule has 0 radical (unpaired) electrons. The lowest BCUT2D eigenvalue weighted by molar-refractivity contribution is -0.185. The monoisotopic (exact) mass is 188 g/mol. The third-order valence-corrected chi connectivity index (χ3v) is 1.34. The van der Waals surface area contributed by atoms with Crippen LogP contribution in [0.5, 0.6) is 0 Å². The summed E-state index contributed by atoms with van der Waals surface area (Å²) in [5.74, 6) is -2.75. The van der Waals surface area contributed by atoms with Gasteiger partial charge in [0.05, 0.1) is 5.92 Å². The Morgan fingerprint density at radius 2 is 1.92 bits per heavy atom. The summed E-state index contributed by atoms with van der Waals surface area (Å²) < 4.78 is 46.6. The van der Waals surface area contributed by atoms with Gasteiger partial charge >= 0.3 is 12.1 Å². The van der Waals surface area contributed by atoms with Crippen molar-refractivity contribution in [2.75, 3.05) is 0 Å². The Morgan fingerprint density at radius 1 is 1.50 bits per heavy atom. The molecule has 0 saturated heterocycles. The average Bonchev–Trinajstić information content (AvgIpc) is 1.85. The summed E-state index contributed by atoms with van der Waals surface area (Å²) in [6.07, 6.45) is -9.04. The van der Waals surface area contributed by atoms with Crippen LogP contribution in [0.4, 0.5) is 17.6 Å². The lowest BCUT2D eigenvalue weighted by Gasteiger charge is -2.13. The summed E-state index contributed by atoms with van der Waals surface area (Å²) in [5.41, 5.74) is 0. The third-order valence-electron chi connectivity index (χ3n) is 1.34.